The number of hydrogen-bond donors (Lipinski definition) is 1. The maximum absolute atomic E-state index is 12.3. The molecule has 2 aromatic rings. The first kappa shape index (κ1) is 16.8. The van der Waals surface area contributed by atoms with Gasteiger partial charge < -0.3 is 5.32 Å². The van der Waals surface area contributed by atoms with Crippen molar-refractivity contribution in [3.63, 3.8) is 0 Å². The standard InChI is InChI=1S/C21H26N2OS/c24-21(10-9-20-8-4-12-25-20)22-18-7-3-11-23(15-18)19-13-16-5-1-2-6-17(16)14-19/h1-2,4-6,8,12,18-19H,3,7,9-11,13-15H2,(H,22,24). The summed E-state index contributed by atoms with van der Waals surface area (Å²) < 4.78 is 0. The molecule has 1 aromatic heterocycles. The molecule has 4 rings (SSSR count). The van der Waals surface area contributed by atoms with Gasteiger partial charge in [0.05, 0.1) is 0 Å². The van der Waals surface area contributed by atoms with E-state index in [4.69, 9.17) is 0 Å². The Morgan fingerprint density at radius 2 is 1.96 bits per heavy atom. The van der Waals surface area contributed by atoms with Gasteiger partial charge in [0, 0.05) is 29.9 Å². The van der Waals surface area contributed by atoms with Crippen LogP contribution in [-0.2, 0) is 24.1 Å². The van der Waals surface area contributed by atoms with Gasteiger partial charge in [-0.2, -0.15) is 0 Å². The summed E-state index contributed by atoms with van der Waals surface area (Å²) in [6.07, 6.45) is 6.08. The van der Waals surface area contributed by atoms with Crippen molar-refractivity contribution < 1.29 is 4.79 Å². The average molecular weight is 355 g/mol. The molecule has 0 radical (unpaired) electrons. The van der Waals surface area contributed by atoms with Crippen molar-refractivity contribution in [2.24, 2.45) is 0 Å². The lowest BCUT2D eigenvalue weighted by molar-refractivity contribution is -0.122. The molecule has 1 unspecified atom stereocenters. The van der Waals surface area contributed by atoms with Gasteiger partial charge in [0.25, 0.3) is 0 Å². The van der Waals surface area contributed by atoms with Gasteiger partial charge >= 0.3 is 0 Å². The number of thiophene rings is 1. The van der Waals surface area contributed by atoms with Gasteiger partial charge in [-0.3, -0.25) is 9.69 Å². The Hall–Kier alpha value is -1.65. The van der Waals surface area contributed by atoms with Gasteiger partial charge in [-0.05, 0) is 61.2 Å². The Balaban J connectivity index is 1.27. The molecule has 1 aromatic carbocycles. The normalized spacial score (nSPS) is 21.2. The van der Waals surface area contributed by atoms with Gasteiger partial charge in [-0.25, -0.2) is 0 Å². The molecule has 0 spiro atoms. The number of carbonyl (C=O) groups excluding carboxylic acids is 1. The van der Waals surface area contributed by atoms with Crippen LogP contribution in [0.3, 0.4) is 0 Å². The minimum atomic E-state index is 0.204. The smallest absolute Gasteiger partial charge is 0.220 e. The van der Waals surface area contributed by atoms with Gasteiger partial charge in [-0.15, -0.1) is 11.3 Å². The quantitative estimate of drug-likeness (QED) is 0.892. The highest BCUT2D eigenvalue weighted by atomic mass is 32.1. The second-order valence-electron chi connectivity index (χ2n) is 7.31. The van der Waals surface area contributed by atoms with E-state index >= 15 is 0 Å². The minimum absolute atomic E-state index is 0.204. The molecule has 3 nitrogen and oxygen atoms in total. The summed E-state index contributed by atoms with van der Waals surface area (Å²) in [7, 11) is 0. The van der Waals surface area contributed by atoms with Gasteiger partial charge in [0.15, 0.2) is 0 Å². The average Bonchev–Trinajstić information content (AvgIpc) is 3.29. The molecular weight excluding hydrogens is 328 g/mol. The van der Waals surface area contributed by atoms with Crippen LogP contribution in [0.2, 0.25) is 0 Å². The number of hydrogen-bond acceptors (Lipinski definition) is 3. The van der Waals surface area contributed by atoms with E-state index in [0.29, 0.717) is 18.5 Å². The summed E-state index contributed by atoms with van der Waals surface area (Å²) >= 11 is 1.73. The maximum atomic E-state index is 12.3. The Labute approximate surface area is 154 Å². The zero-order valence-electron chi connectivity index (χ0n) is 14.6. The third kappa shape index (κ3) is 4.13. The van der Waals surface area contributed by atoms with Crippen LogP contribution in [0, 0.1) is 0 Å². The summed E-state index contributed by atoms with van der Waals surface area (Å²) in [5.74, 6) is 0.204. The number of amides is 1. The van der Waals surface area contributed by atoms with Crippen molar-refractivity contribution in [2.45, 2.75) is 50.6 Å². The predicted octanol–water partition coefficient (Wildman–Crippen LogP) is 3.43. The molecule has 0 bridgehead atoms. The first-order valence-electron chi connectivity index (χ1n) is 9.40. The lowest BCUT2D eigenvalue weighted by atomic mass is 10.0. The van der Waals surface area contributed by atoms with Crippen LogP contribution >= 0.6 is 11.3 Å². The molecule has 132 valence electrons. The van der Waals surface area contributed by atoms with Crippen molar-refractivity contribution in [1.29, 1.82) is 0 Å². The second kappa shape index (κ2) is 7.71. The number of benzene rings is 1. The SMILES string of the molecule is O=C(CCc1cccs1)NC1CCCN(C2Cc3ccccc3C2)C1. The molecule has 1 aliphatic heterocycles. The predicted molar refractivity (Wildman–Crippen MR) is 103 cm³/mol. The van der Waals surface area contributed by atoms with Crippen molar-refractivity contribution in [2.75, 3.05) is 13.1 Å². The van der Waals surface area contributed by atoms with Crippen molar-refractivity contribution in [3.05, 3.63) is 57.8 Å². The first-order chi connectivity index (χ1) is 12.3. The molecule has 1 saturated heterocycles. The third-order valence-electron chi connectivity index (χ3n) is 5.54. The lowest BCUT2D eigenvalue weighted by Gasteiger charge is -2.37. The molecule has 1 amide bonds. The number of fused-ring (bicyclic) bond motifs is 1. The molecule has 0 saturated carbocycles. The topological polar surface area (TPSA) is 32.3 Å². The largest absolute Gasteiger partial charge is 0.352 e. The van der Waals surface area contributed by atoms with Crippen LogP contribution in [0.5, 0.6) is 0 Å². The summed E-state index contributed by atoms with van der Waals surface area (Å²) in [4.78, 5) is 16.2. The summed E-state index contributed by atoms with van der Waals surface area (Å²) in [6, 6.07) is 13.9. The van der Waals surface area contributed by atoms with Crippen molar-refractivity contribution in [1.82, 2.24) is 10.2 Å². The number of nitrogens with zero attached hydrogens (tertiary/aromatic N) is 1. The number of likely N-dealkylation sites (tertiary alicyclic amines) is 1. The Morgan fingerprint density at radius 3 is 2.68 bits per heavy atom. The Morgan fingerprint density at radius 1 is 1.16 bits per heavy atom. The molecule has 1 N–H and O–H groups in total. The number of piperidine rings is 1. The number of rotatable bonds is 5. The Kier molecular flexibility index (Phi) is 5.18. The summed E-state index contributed by atoms with van der Waals surface area (Å²) in [6.45, 7) is 2.17. The van der Waals surface area contributed by atoms with Crippen molar-refractivity contribution >= 4 is 17.2 Å². The third-order valence-corrected chi connectivity index (χ3v) is 6.48. The summed E-state index contributed by atoms with van der Waals surface area (Å²) in [5, 5.41) is 5.36. The second-order valence-corrected chi connectivity index (χ2v) is 8.34. The van der Waals surface area contributed by atoms with E-state index in [0.717, 1.165) is 32.2 Å². The zero-order valence-corrected chi connectivity index (χ0v) is 15.4. The van der Waals surface area contributed by atoms with E-state index in [1.807, 2.05) is 0 Å². The van der Waals surface area contributed by atoms with Gasteiger partial charge in [-0.1, -0.05) is 30.3 Å². The van der Waals surface area contributed by atoms with E-state index in [1.54, 1.807) is 11.3 Å². The highest BCUT2D eigenvalue weighted by Gasteiger charge is 2.30. The Bertz CT molecular complexity index is 687. The van der Waals surface area contributed by atoms with Gasteiger partial charge in [0.2, 0.25) is 5.91 Å². The first-order valence-corrected chi connectivity index (χ1v) is 10.3. The summed E-state index contributed by atoms with van der Waals surface area (Å²) in [5.41, 5.74) is 3.02. The lowest BCUT2D eigenvalue weighted by Crippen LogP contribution is -2.51. The van der Waals surface area contributed by atoms with Crippen LogP contribution in [0.4, 0.5) is 0 Å². The molecule has 25 heavy (non-hydrogen) atoms. The molecule has 1 fully saturated rings. The number of aryl methyl sites for hydroxylation is 1. The van der Waals surface area contributed by atoms with Crippen LogP contribution in [0.25, 0.3) is 0 Å². The fourth-order valence-electron chi connectivity index (χ4n) is 4.24. The monoisotopic (exact) mass is 354 g/mol. The van der Waals surface area contributed by atoms with E-state index in [9.17, 15) is 4.79 Å². The van der Waals surface area contributed by atoms with E-state index in [2.05, 4.69) is 52.0 Å². The molecule has 1 aliphatic carbocycles. The fraction of sp³-hybridized carbons (Fsp3) is 0.476. The molecule has 4 heteroatoms. The van der Waals surface area contributed by atoms with Crippen LogP contribution in [0.15, 0.2) is 41.8 Å². The molecule has 2 aliphatic rings. The van der Waals surface area contributed by atoms with Crippen LogP contribution in [-0.4, -0.2) is 36.0 Å². The van der Waals surface area contributed by atoms with E-state index in [-0.39, 0.29) is 5.91 Å². The number of nitrogens with one attached hydrogen (secondary N) is 1. The van der Waals surface area contributed by atoms with E-state index in [1.165, 1.54) is 29.0 Å². The van der Waals surface area contributed by atoms with Crippen LogP contribution < -0.4 is 5.32 Å². The van der Waals surface area contributed by atoms with E-state index < -0.39 is 0 Å². The molecular formula is C21H26N2OS. The fourth-order valence-corrected chi connectivity index (χ4v) is 4.95. The zero-order chi connectivity index (χ0) is 17.1. The maximum Gasteiger partial charge on any atom is 0.220 e. The molecule has 2 heterocycles. The molecule has 1 atom stereocenters. The van der Waals surface area contributed by atoms with Crippen LogP contribution in [0.1, 0.15) is 35.3 Å². The van der Waals surface area contributed by atoms with Gasteiger partial charge in [0.1, 0.15) is 0 Å². The van der Waals surface area contributed by atoms with Crippen molar-refractivity contribution in [3.8, 4) is 0 Å². The number of carbonyl (C=O) groups is 1. The minimum Gasteiger partial charge on any atom is -0.352 e. The highest BCUT2D eigenvalue weighted by Crippen LogP contribution is 2.27. The highest BCUT2D eigenvalue weighted by molar-refractivity contribution is 7.09.